The van der Waals surface area contributed by atoms with Gasteiger partial charge in [0.15, 0.2) is 0 Å². The predicted molar refractivity (Wildman–Crippen MR) is 98.7 cm³/mol. The average Bonchev–Trinajstić information content (AvgIpc) is 3.10. The van der Waals surface area contributed by atoms with E-state index < -0.39 is 0 Å². The lowest BCUT2D eigenvalue weighted by atomic mass is 10.2. The van der Waals surface area contributed by atoms with E-state index in [1.165, 1.54) is 0 Å². The second kappa shape index (κ2) is 7.64. The maximum absolute atomic E-state index is 12.0. The Kier molecular flexibility index (Phi) is 5.11. The predicted octanol–water partition coefficient (Wildman–Crippen LogP) is 3.96. The summed E-state index contributed by atoms with van der Waals surface area (Å²) in [5, 5.41) is 14.3. The third-order valence-electron chi connectivity index (χ3n) is 3.53. The zero-order valence-electron chi connectivity index (χ0n) is 13.1. The number of benzene rings is 2. The van der Waals surface area contributed by atoms with E-state index in [1.807, 2.05) is 34.9 Å². The number of hydrogen-bond donors (Lipinski definition) is 2. The van der Waals surface area contributed by atoms with Gasteiger partial charge in [0.25, 0.3) is 0 Å². The van der Waals surface area contributed by atoms with Crippen molar-refractivity contribution in [3.05, 3.63) is 71.1 Å². The van der Waals surface area contributed by atoms with E-state index in [-0.39, 0.29) is 12.7 Å². The summed E-state index contributed by atoms with van der Waals surface area (Å²) in [6, 6.07) is 16.2. The van der Waals surface area contributed by atoms with Crippen molar-refractivity contribution in [2.75, 3.05) is 5.32 Å². The van der Waals surface area contributed by atoms with Gasteiger partial charge in [-0.05, 0) is 42.0 Å². The number of nitriles is 1. The van der Waals surface area contributed by atoms with Crippen molar-refractivity contribution in [2.24, 2.45) is 0 Å². The summed E-state index contributed by atoms with van der Waals surface area (Å²) in [5.74, 6) is 0. The third kappa shape index (κ3) is 4.25. The molecule has 0 radical (unpaired) electrons. The van der Waals surface area contributed by atoms with Crippen molar-refractivity contribution in [1.82, 2.24) is 14.9 Å². The lowest BCUT2D eigenvalue weighted by molar-refractivity contribution is 0.249. The zero-order chi connectivity index (χ0) is 17.6. The Labute approximate surface area is 153 Å². The Morgan fingerprint density at radius 2 is 1.88 bits per heavy atom. The molecule has 0 fully saturated rings. The lowest BCUT2D eigenvalue weighted by Crippen LogP contribution is -2.30. The van der Waals surface area contributed by atoms with E-state index in [0.717, 1.165) is 15.7 Å². The summed E-state index contributed by atoms with van der Waals surface area (Å²) < 4.78 is 2.85. The zero-order valence-corrected chi connectivity index (χ0v) is 14.7. The summed E-state index contributed by atoms with van der Waals surface area (Å²) in [4.78, 5) is 16.2. The fraction of sp³-hybridized carbons (Fsp3) is 0.0556. The number of urea groups is 1. The fourth-order valence-corrected chi connectivity index (χ4v) is 2.53. The van der Waals surface area contributed by atoms with Crippen LogP contribution in [0.4, 0.5) is 10.5 Å². The topological polar surface area (TPSA) is 82.7 Å². The first kappa shape index (κ1) is 16.7. The molecule has 2 amide bonds. The highest BCUT2D eigenvalue weighted by molar-refractivity contribution is 9.10. The molecule has 0 aliphatic heterocycles. The van der Waals surface area contributed by atoms with Gasteiger partial charge in [-0.3, -0.25) is 0 Å². The third-order valence-corrected chi connectivity index (χ3v) is 4.06. The van der Waals surface area contributed by atoms with E-state index in [2.05, 4.69) is 31.5 Å². The summed E-state index contributed by atoms with van der Waals surface area (Å²) in [5.41, 5.74) is 3.08. The lowest BCUT2D eigenvalue weighted by Gasteiger charge is -2.11. The molecule has 0 bridgehead atoms. The molecule has 0 saturated heterocycles. The monoisotopic (exact) mass is 395 g/mol. The number of halogens is 1. The molecule has 6 nitrogen and oxygen atoms in total. The van der Waals surface area contributed by atoms with Gasteiger partial charge in [0.05, 0.1) is 36.5 Å². The molecule has 0 unspecified atom stereocenters. The number of nitrogens with one attached hydrogen (secondary N) is 2. The number of rotatable bonds is 4. The van der Waals surface area contributed by atoms with Gasteiger partial charge in [0.1, 0.15) is 0 Å². The largest absolute Gasteiger partial charge is 0.320 e. The standard InChI is InChI=1S/C18H14BrN5O/c19-15-5-3-14(4-6-15)17-10-21-11-24(17)12-22-18(25)23-16-7-1-13(9-20)2-8-16/h1-8,10-11H,12H2,(H2,22,23,25). The van der Waals surface area contributed by atoms with Gasteiger partial charge in [-0.15, -0.1) is 0 Å². The smallest absolute Gasteiger partial charge is 0.320 e. The molecular weight excluding hydrogens is 382 g/mol. The number of carbonyl (C=O) groups excluding carboxylic acids is 1. The number of amides is 2. The van der Waals surface area contributed by atoms with Gasteiger partial charge in [-0.2, -0.15) is 5.26 Å². The van der Waals surface area contributed by atoms with Crippen LogP contribution in [0.2, 0.25) is 0 Å². The van der Waals surface area contributed by atoms with Gasteiger partial charge in [0, 0.05) is 10.2 Å². The molecule has 0 aliphatic rings. The molecule has 3 rings (SSSR count). The van der Waals surface area contributed by atoms with E-state index in [4.69, 9.17) is 5.26 Å². The molecule has 7 heteroatoms. The number of carbonyl (C=O) groups is 1. The summed E-state index contributed by atoms with van der Waals surface area (Å²) in [6.45, 7) is 0.285. The molecule has 0 aliphatic carbocycles. The van der Waals surface area contributed by atoms with Gasteiger partial charge in [-0.1, -0.05) is 28.1 Å². The maximum Gasteiger partial charge on any atom is 0.320 e. The van der Waals surface area contributed by atoms with Crippen LogP contribution in [0.1, 0.15) is 5.56 Å². The molecule has 25 heavy (non-hydrogen) atoms. The van der Waals surface area contributed by atoms with Crippen molar-refractivity contribution >= 4 is 27.6 Å². The van der Waals surface area contributed by atoms with Crippen LogP contribution >= 0.6 is 15.9 Å². The Morgan fingerprint density at radius 1 is 1.16 bits per heavy atom. The molecular formula is C18H14BrN5O. The van der Waals surface area contributed by atoms with Crippen molar-refractivity contribution in [2.45, 2.75) is 6.67 Å². The normalized spacial score (nSPS) is 10.1. The van der Waals surface area contributed by atoms with E-state index in [0.29, 0.717) is 11.3 Å². The van der Waals surface area contributed by atoms with Crippen LogP contribution in [0, 0.1) is 11.3 Å². The highest BCUT2D eigenvalue weighted by Crippen LogP contribution is 2.21. The number of hydrogen-bond acceptors (Lipinski definition) is 3. The Morgan fingerprint density at radius 3 is 2.56 bits per heavy atom. The van der Waals surface area contributed by atoms with Crippen LogP contribution in [0.15, 0.2) is 65.5 Å². The van der Waals surface area contributed by atoms with Crippen LogP contribution < -0.4 is 10.6 Å². The first-order valence-corrected chi connectivity index (χ1v) is 8.26. The Balaban J connectivity index is 1.62. The fourth-order valence-electron chi connectivity index (χ4n) is 2.27. The highest BCUT2D eigenvalue weighted by Gasteiger charge is 2.07. The quantitative estimate of drug-likeness (QED) is 0.700. The van der Waals surface area contributed by atoms with Gasteiger partial charge in [-0.25, -0.2) is 9.78 Å². The number of nitrogens with zero attached hydrogens (tertiary/aromatic N) is 3. The minimum atomic E-state index is -0.333. The highest BCUT2D eigenvalue weighted by atomic mass is 79.9. The molecule has 2 N–H and O–H groups in total. The van der Waals surface area contributed by atoms with Crippen molar-refractivity contribution in [1.29, 1.82) is 5.26 Å². The molecule has 0 spiro atoms. The first-order chi connectivity index (χ1) is 12.2. The average molecular weight is 396 g/mol. The maximum atomic E-state index is 12.0. The summed E-state index contributed by atoms with van der Waals surface area (Å²) in [7, 11) is 0. The minimum Gasteiger partial charge on any atom is -0.320 e. The molecule has 0 saturated carbocycles. The second-order valence-corrected chi connectivity index (χ2v) is 6.15. The van der Waals surface area contributed by atoms with Crippen LogP contribution in [-0.2, 0) is 6.67 Å². The van der Waals surface area contributed by atoms with Crippen molar-refractivity contribution in [3.63, 3.8) is 0 Å². The van der Waals surface area contributed by atoms with Gasteiger partial charge < -0.3 is 15.2 Å². The number of imidazole rings is 1. The molecule has 0 atom stereocenters. The molecule has 1 heterocycles. The van der Waals surface area contributed by atoms with Gasteiger partial charge >= 0.3 is 6.03 Å². The molecule has 2 aromatic carbocycles. The molecule has 3 aromatic rings. The van der Waals surface area contributed by atoms with Crippen molar-refractivity contribution < 1.29 is 4.79 Å². The van der Waals surface area contributed by atoms with Gasteiger partial charge in [0.2, 0.25) is 0 Å². The first-order valence-electron chi connectivity index (χ1n) is 7.47. The van der Waals surface area contributed by atoms with Crippen LogP contribution in [0.5, 0.6) is 0 Å². The SMILES string of the molecule is N#Cc1ccc(NC(=O)NCn2cncc2-c2ccc(Br)cc2)cc1. The Bertz CT molecular complexity index is 910. The van der Waals surface area contributed by atoms with Crippen LogP contribution in [-0.4, -0.2) is 15.6 Å². The van der Waals surface area contributed by atoms with E-state index in [9.17, 15) is 4.79 Å². The van der Waals surface area contributed by atoms with E-state index in [1.54, 1.807) is 36.8 Å². The van der Waals surface area contributed by atoms with Crippen molar-refractivity contribution in [3.8, 4) is 17.3 Å². The minimum absolute atomic E-state index is 0.285. The summed E-state index contributed by atoms with van der Waals surface area (Å²) in [6.07, 6.45) is 3.42. The second-order valence-electron chi connectivity index (χ2n) is 5.23. The number of aromatic nitrogens is 2. The summed E-state index contributed by atoms with van der Waals surface area (Å²) >= 11 is 3.41. The van der Waals surface area contributed by atoms with Crippen LogP contribution in [0.3, 0.4) is 0 Å². The molecule has 1 aromatic heterocycles. The molecule has 124 valence electrons. The number of anilines is 1. The van der Waals surface area contributed by atoms with E-state index >= 15 is 0 Å². The van der Waals surface area contributed by atoms with Crippen LogP contribution in [0.25, 0.3) is 11.3 Å². The Hall–Kier alpha value is -3.11.